The summed E-state index contributed by atoms with van der Waals surface area (Å²) in [5, 5.41) is 28.4. The molecule has 0 aromatic carbocycles. The standard InChI is InChI=1S/C9H11N3O4/c1-4-8(14)6(13)3-5(12(4)16)7(10)9(15)11-2/h3,10,14,16H,1-2H3,(H,11,15). The Kier molecular flexibility index (Phi) is 2.98. The van der Waals surface area contributed by atoms with Crippen LogP contribution in [-0.2, 0) is 4.79 Å². The van der Waals surface area contributed by atoms with E-state index in [1.807, 2.05) is 0 Å². The lowest BCUT2D eigenvalue weighted by molar-refractivity contribution is -0.114. The van der Waals surface area contributed by atoms with Crippen LogP contribution in [0.5, 0.6) is 5.75 Å². The maximum Gasteiger partial charge on any atom is 0.271 e. The van der Waals surface area contributed by atoms with Crippen molar-refractivity contribution in [2.75, 3.05) is 7.05 Å². The Balaban J connectivity index is 3.42. The van der Waals surface area contributed by atoms with E-state index in [-0.39, 0.29) is 11.4 Å². The van der Waals surface area contributed by atoms with E-state index in [0.29, 0.717) is 4.73 Å². The van der Waals surface area contributed by atoms with Gasteiger partial charge in [0.1, 0.15) is 17.1 Å². The van der Waals surface area contributed by atoms with Crippen molar-refractivity contribution in [3.8, 4) is 5.75 Å². The highest BCUT2D eigenvalue weighted by atomic mass is 16.5. The Morgan fingerprint density at radius 1 is 1.56 bits per heavy atom. The zero-order chi connectivity index (χ0) is 12.5. The molecule has 86 valence electrons. The summed E-state index contributed by atoms with van der Waals surface area (Å²) in [6, 6.07) is 0.819. The molecule has 0 atom stereocenters. The van der Waals surface area contributed by atoms with Gasteiger partial charge >= 0.3 is 0 Å². The second kappa shape index (κ2) is 4.05. The third-order valence-electron chi connectivity index (χ3n) is 2.10. The largest absolute Gasteiger partial charge is 0.503 e. The number of aromatic hydroxyl groups is 1. The lowest BCUT2D eigenvalue weighted by Gasteiger charge is -2.10. The molecule has 0 unspecified atom stereocenters. The average Bonchev–Trinajstić information content (AvgIpc) is 2.29. The van der Waals surface area contributed by atoms with Crippen molar-refractivity contribution >= 4 is 11.6 Å². The van der Waals surface area contributed by atoms with Gasteiger partial charge in [-0.1, -0.05) is 0 Å². The van der Waals surface area contributed by atoms with Gasteiger partial charge in [-0.2, -0.15) is 4.73 Å². The van der Waals surface area contributed by atoms with Crippen molar-refractivity contribution in [3.63, 3.8) is 0 Å². The van der Waals surface area contributed by atoms with Gasteiger partial charge in [-0.15, -0.1) is 0 Å². The van der Waals surface area contributed by atoms with Crippen molar-refractivity contribution in [2.45, 2.75) is 6.92 Å². The zero-order valence-electron chi connectivity index (χ0n) is 8.74. The number of rotatable bonds is 2. The number of pyridine rings is 1. The van der Waals surface area contributed by atoms with Crippen molar-refractivity contribution < 1.29 is 15.1 Å². The number of nitrogens with one attached hydrogen (secondary N) is 2. The van der Waals surface area contributed by atoms with E-state index >= 15 is 0 Å². The van der Waals surface area contributed by atoms with Crippen molar-refractivity contribution in [1.82, 2.24) is 10.0 Å². The quantitative estimate of drug-likeness (QED) is 0.390. The molecule has 1 amide bonds. The molecule has 1 aromatic rings. The fourth-order valence-electron chi connectivity index (χ4n) is 1.13. The summed E-state index contributed by atoms with van der Waals surface area (Å²) in [4.78, 5) is 22.4. The highest BCUT2D eigenvalue weighted by Gasteiger charge is 2.18. The number of amides is 1. The summed E-state index contributed by atoms with van der Waals surface area (Å²) in [6.45, 7) is 1.29. The van der Waals surface area contributed by atoms with E-state index in [0.717, 1.165) is 6.07 Å². The molecule has 0 aliphatic rings. The van der Waals surface area contributed by atoms with Gasteiger partial charge in [0.15, 0.2) is 5.75 Å². The minimum atomic E-state index is -0.758. The number of nitrogens with zero attached hydrogens (tertiary/aromatic N) is 1. The minimum absolute atomic E-state index is 0.129. The first-order chi connectivity index (χ1) is 7.40. The van der Waals surface area contributed by atoms with Crippen LogP contribution < -0.4 is 10.7 Å². The molecule has 0 saturated heterocycles. The van der Waals surface area contributed by atoms with E-state index < -0.39 is 22.8 Å². The Morgan fingerprint density at radius 3 is 2.62 bits per heavy atom. The van der Waals surface area contributed by atoms with E-state index in [4.69, 9.17) is 5.41 Å². The van der Waals surface area contributed by atoms with Gasteiger partial charge < -0.3 is 15.6 Å². The van der Waals surface area contributed by atoms with Gasteiger partial charge in [-0.3, -0.25) is 15.0 Å². The Bertz CT molecular complexity index is 518. The van der Waals surface area contributed by atoms with Crippen LogP contribution in [0, 0.1) is 12.3 Å². The van der Waals surface area contributed by atoms with Crippen molar-refractivity contribution in [1.29, 1.82) is 5.41 Å². The topological polar surface area (TPSA) is 115 Å². The molecule has 0 spiro atoms. The van der Waals surface area contributed by atoms with Crippen LogP contribution in [0.3, 0.4) is 0 Å². The predicted molar refractivity (Wildman–Crippen MR) is 55.2 cm³/mol. The maximum absolute atomic E-state index is 11.2. The van der Waals surface area contributed by atoms with Gasteiger partial charge in [-0.25, -0.2) is 0 Å². The van der Waals surface area contributed by atoms with Crippen LogP contribution in [0.25, 0.3) is 0 Å². The molecule has 1 aromatic heterocycles. The second-order valence-electron chi connectivity index (χ2n) is 3.09. The third-order valence-corrected chi connectivity index (χ3v) is 2.10. The fourth-order valence-corrected chi connectivity index (χ4v) is 1.13. The molecule has 0 radical (unpaired) electrons. The molecule has 1 heterocycles. The monoisotopic (exact) mass is 225 g/mol. The van der Waals surface area contributed by atoms with Crippen LogP contribution in [-0.4, -0.2) is 33.7 Å². The molecule has 7 nitrogen and oxygen atoms in total. The van der Waals surface area contributed by atoms with Crippen molar-refractivity contribution in [2.24, 2.45) is 0 Å². The smallest absolute Gasteiger partial charge is 0.271 e. The van der Waals surface area contributed by atoms with E-state index in [1.54, 1.807) is 0 Å². The zero-order valence-corrected chi connectivity index (χ0v) is 8.74. The molecule has 16 heavy (non-hydrogen) atoms. The Hall–Kier alpha value is -2.31. The number of hydrogen-bond acceptors (Lipinski definition) is 5. The molecule has 1 rings (SSSR count). The average molecular weight is 225 g/mol. The number of hydrogen-bond donors (Lipinski definition) is 4. The highest BCUT2D eigenvalue weighted by Crippen LogP contribution is 2.11. The maximum atomic E-state index is 11.2. The van der Waals surface area contributed by atoms with Gasteiger partial charge in [0.2, 0.25) is 5.43 Å². The first-order valence-electron chi connectivity index (χ1n) is 4.36. The number of likely N-dealkylation sites (N-methyl/N-ethyl adjacent to an activating group) is 1. The van der Waals surface area contributed by atoms with Crippen LogP contribution in [0.1, 0.15) is 11.4 Å². The molecule has 0 aliphatic heterocycles. The second-order valence-corrected chi connectivity index (χ2v) is 3.09. The summed E-state index contributed by atoms with van der Waals surface area (Å²) in [7, 11) is 1.32. The molecule has 0 saturated carbocycles. The van der Waals surface area contributed by atoms with Crippen LogP contribution in [0.2, 0.25) is 0 Å². The molecule has 0 fully saturated rings. The molecule has 0 aliphatic carbocycles. The molecular formula is C9H11N3O4. The SMILES string of the molecule is CNC(=O)C(=N)c1cc(=O)c(O)c(C)n1O. The van der Waals surface area contributed by atoms with Crippen LogP contribution in [0.4, 0.5) is 0 Å². The summed E-state index contributed by atoms with van der Waals surface area (Å²) < 4.78 is 0.425. The summed E-state index contributed by atoms with van der Waals surface area (Å²) in [6.07, 6.45) is 0. The molecule has 4 N–H and O–H groups in total. The number of carbonyl (C=O) groups is 1. The lowest BCUT2D eigenvalue weighted by Crippen LogP contribution is -2.31. The number of carbonyl (C=O) groups excluding carboxylic acids is 1. The summed E-state index contributed by atoms with van der Waals surface area (Å²) >= 11 is 0. The van der Waals surface area contributed by atoms with Crippen molar-refractivity contribution in [3.05, 3.63) is 27.7 Å². The van der Waals surface area contributed by atoms with Gasteiger partial charge in [-0.05, 0) is 6.92 Å². The van der Waals surface area contributed by atoms with E-state index in [1.165, 1.54) is 14.0 Å². The molecule has 0 bridgehead atoms. The Labute approximate surface area is 90.4 Å². The highest BCUT2D eigenvalue weighted by molar-refractivity contribution is 6.43. The lowest BCUT2D eigenvalue weighted by atomic mass is 10.2. The number of aromatic nitrogens is 1. The minimum Gasteiger partial charge on any atom is -0.503 e. The van der Waals surface area contributed by atoms with Gasteiger partial charge in [0.25, 0.3) is 5.91 Å². The van der Waals surface area contributed by atoms with Gasteiger partial charge in [0.05, 0.1) is 0 Å². The van der Waals surface area contributed by atoms with Gasteiger partial charge in [0, 0.05) is 13.1 Å². The van der Waals surface area contributed by atoms with Crippen LogP contribution in [0.15, 0.2) is 10.9 Å². The molecular weight excluding hydrogens is 214 g/mol. The fraction of sp³-hybridized carbons (Fsp3) is 0.222. The third kappa shape index (κ3) is 1.74. The van der Waals surface area contributed by atoms with E-state index in [2.05, 4.69) is 5.32 Å². The Morgan fingerprint density at radius 2 is 2.12 bits per heavy atom. The first-order valence-corrected chi connectivity index (χ1v) is 4.36. The normalized spacial score (nSPS) is 9.88. The van der Waals surface area contributed by atoms with Crippen LogP contribution >= 0.6 is 0 Å². The predicted octanol–water partition coefficient (Wildman–Crippen LogP) is -0.787. The first kappa shape index (κ1) is 11.8. The summed E-state index contributed by atoms with van der Waals surface area (Å²) in [5.74, 6) is -1.36. The molecule has 7 heteroatoms. The van der Waals surface area contributed by atoms with E-state index in [9.17, 15) is 19.9 Å². The summed E-state index contributed by atoms with van der Waals surface area (Å²) in [5.41, 5.74) is -1.73.